The first-order valence-corrected chi connectivity index (χ1v) is 1.88. The summed E-state index contributed by atoms with van der Waals surface area (Å²) in [4.78, 5) is 0. The second-order valence-corrected chi connectivity index (χ2v) is 1.15. The van der Waals surface area contributed by atoms with Crippen molar-refractivity contribution in [2.75, 3.05) is 0 Å². The Morgan fingerprint density at radius 1 is 0.545 bits per heavy atom. The van der Waals surface area contributed by atoms with E-state index in [2.05, 4.69) is 0 Å². The van der Waals surface area contributed by atoms with Gasteiger partial charge in [0.15, 0.2) is 0 Å². The van der Waals surface area contributed by atoms with Crippen LogP contribution in [0.5, 0.6) is 0 Å². The minimum absolute atomic E-state index is 0. The molecule has 7 heteroatoms. The Balaban J connectivity index is 0. The van der Waals surface area contributed by atoms with Crippen LogP contribution in [0.2, 0.25) is 0 Å². The van der Waals surface area contributed by atoms with E-state index in [9.17, 15) is 26.3 Å². The third-order valence-electron chi connectivity index (χ3n) is 0.525. The molecule has 0 aromatic heterocycles. The van der Waals surface area contributed by atoms with Crippen molar-refractivity contribution in [3.05, 3.63) is 23.8 Å². The van der Waals surface area contributed by atoms with Crippen molar-refractivity contribution in [2.24, 2.45) is 0 Å². The molecule has 0 aromatic rings. The van der Waals surface area contributed by atoms with Crippen molar-refractivity contribution in [1.82, 2.24) is 0 Å². The molecular weight excluding hydrogens is 369 g/mol. The molecule has 0 bridgehead atoms. The van der Waals surface area contributed by atoms with E-state index in [-0.39, 0.29) is 27.3 Å². The van der Waals surface area contributed by atoms with Gasteiger partial charge >= 0.3 is 39.5 Å². The molecule has 0 aliphatic heterocycles. The van der Waals surface area contributed by atoms with Gasteiger partial charge in [-0.05, 0) is 0 Å². The third kappa shape index (κ3) is 4.43. The van der Waals surface area contributed by atoms with Crippen LogP contribution in [0.15, 0.2) is 23.8 Å². The second-order valence-electron chi connectivity index (χ2n) is 1.15. The number of halogens is 6. The summed E-state index contributed by atoms with van der Waals surface area (Å²) >= 11 is 0. The maximum atomic E-state index is 11.4. The number of allylic oxidation sites excluding steroid dienone is 2. The van der Waals surface area contributed by atoms with E-state index in [1.807, 2.05) is 0 Å². The summed E-state index contributed by atoms with van der Waals surface area (Å²) in [5.74, 6) is -5.64. The van der Waals surface area contributed by atoms with Crippen molar-refractivity contribution in [2.45, 2.75) is 0 Å². The van der Waals surface area contributed by atoms with Crippen LogP contribution in [0.4, 0.5) is 26.3 Å². The fourth-order valence-corrected chi connectivity index (χ4v) is 0.166. The summed E-state index contributed by atoms with van der Waals surface area (Å²) in [6.07, 6.45) is -6.21. The molecule has 2 radical (unpaired) electrons. The molecular formula is C4H2F6Pb. The molecule has 0 aliphatic carbocycles. The van der Waals surface area contributed by atoms with E-state index in [1.165, 1.54) is 0 Å². The SMILES string of the molecule is FC(F)=C(F)C(F)=C(F)F.[PbH2]. The van der Waals surface area contributed by atoms with Crippen molar-refractivity contribution in [3.8, 4) is 0 Å². The summed E-state index contributed by atoms with van der Waals surface area (Å²) in [6, 6.07) is 0. The molecule has 11 heavy (non-hydrogen) atoms. The zero-order valence-corrected chi connectivity index (χ0v) is 10.5. The predicted molar refractivity (Wildman–Crippen MR) is 29.2 cm³/mol. The predicted octanol–water partition coefficient (Wildman–Crippen LogP) is 2.23. The molecule has 0 spiro atoms. The molecule has 0 N–H and O–H groups in total. The molecule has 0 aromatic carbocycles. The fourth-order valence-electron chi connectivity index (χ4n) is 0.166. The van der Waals surface area contributed by atoms with Gasteiger partial charge in [-0.1, -0.05) is 0 Å². The van der Waals surface area contributed by atoms with Crippen LogP contribution < -0.4 is 0 Å². The molecule has 0 fully saturated rings. The van der Waals surface area contributed by atoms with Gasteiger partial charge in [0, 0.05) is 0 Å². The Hall–Kier alpha value is -0.0179. The maximum absolute atomic E-state index is 11.4. The van der Waals surface area contributed by atoms with E-state index in [0.29, 0.717) is 0 Å². The van der Waals surface area contributed by atoms with Crippen LogP contribution in [0.25, 0.3) is 0 Å². The van der Waals surface area contributed by atoms with Crippen molar-refractivity contribution >= 4 is 27.3 Å². The van der Waals surface area contributed by atoms with E-state index >= 15 is 0 Å². The number of hydrogen-bond donors (Lipinski definition) is 0. The van der Waals surface area contributed by atoms with Crippen LogP contribution in [0.1, 0.15) is 0 Å². The van der Waals surface area contributed by atoms with Gasteiger partial charge in [0.2, 0.25) is 11.7 Å². The first-order chi connectivity index (χ1) is 4.46. The van der Waals surface area contributed by atoms with Gasteiger partial charge in [0.1, 0.15) is 0 Å². The van der Waals surface area contributed by atoms with Gasteiger partial charge in [-0.25, -0.2) is 0 Å². The molecule has 0 atom stereocenters. The average molecular weight is 371 g/mol. The van der Waals surface area contributed by atoms with Crippen molar-refractivity contribution < 1.29 is 26.3 Å². The van der Waals surface area contributed by atoms with E-state index in [1.54, 1.807) is 0 Å². The average Bonchev–Trinajstić information content (AvgIpc) is 1.84. The van der Waals surface area contributed by atoms with Crippen LogP contribution >= 0.6 is 0 Å². The third-order valence-corrected chi connectivity index (χ3v) is 0.525. The number of rotatable bonds is 1. The standard InChI is InChI=1S/C4F6.Pb.2H/c5-1(3(7)8)2(6)4(9)10;;;. The second kappa shape index (κ2) is 5.61. The number of hydrogen-bond acceptors (Lipinski definition) is 0. The summed E-state index contributed by atoms with van der Waals surface area (Å²) in [6.45, 7) is 0. The molecule has 0 rings (SSSR count). The zero-order chi connectivity index (χ0) is 8.31. The molecule has 0 nitrogen and oxygen atoms in total. The van der Waals surface area contributed by atoms with Crippen LogP contribution in [0, 0.1) is 0 Å². The molecule has 0 saturated heterocycles. The first-order valence-electron chi connectivity index (χ1n) is 1.88. The molecule has 0 heterocycles. The summed E-state index contributed by atoms with van der Waals surface area (Å²) in [7, 11) is 0. The van der Waals surface area contributed by atoms with Gasteiger partial charge < -0.3 is 0 Å². The monoisotopic (exact) mass is 372 g/mol. The van der Waals surface area contributed by atoms with Crippen molar-refractivity contribution in [3.63, 3.8) is 0 Å². The molecule has 64 valence electrons. The molecule has 0 unspecified atom stereocenters. The first kappa shape index (κ1) is 13.6. The Bertz CT molecular complexity index is 165. The minimum atomic E-state index is -3.11. The molecule has 0 amide bonds. The van der Waals surface area contributed by atoms with Gasteiger partial charge in [0.05, 0.1) is 0 Å². The van der Waals surface area contributed by atoms with E-state index < -0.39 is 23.8 Å². The van der Waals surface area contributed by atoms with E-state index in [4.69, 9.17) is 0 Å². The summed E-state index contributed by atoms with van der Waals surface area (Å²) < 4.78 is 66.5. The van der Waals surface area contributed by atoms with Gasteiger partial charge in [-0.15, -0.1) is 0 Å². The Morgan fingerprint density at radius 3 is 0.818 bits per heavy atom. The zero-order valence-electron chi connectivity index (χ0n) is 4.97. The van der Waals surface area contributed by atoms with Gasteiger partial charge in [0.25, 0.3) is 0 Å². The Kier molecular flexibility index (Phi) is 6.92. The van der Waals surface area contributed by atoms with Crippen LogP contribution in [-0.4, -0.2) is 27.3 Å². The fraction of sp³-hybridized carbons (Fsp3) is 0. The van der Waals surface area contributed by atoms with Crippen LogP contribution in [-0.2, 0) is 0 Å². The molecule has 0 aliphatic rings. The quantitative estimate of drug-likeness (QED) is 0.377. The van der Waals surface area contributed by atoms with E-state index in [0.717, 1.165) is 0 Å². The molecule has 0 saturated carbocycles. The Labute approximate surface area is 77.7 Å². The van der Waals surface area contributed by atoms with Gasteiger partial charge in [-0.3, -0.25) is 0 Å². The Morgan fingerprint density at radius 2 is 0.727 bits per heavy atom. The topological polar surface area (TPSA) is 0 Å². The van der Waals surface area contributed by atoms with Gasteiger partial charge in [-0.2, -0.15) is 26.3 Å². The van der Waals surface area contributed by atoms with Crippen molar-refractivity contribution in [1.29, 1.82) is 0 Å². The summed E-state index contributed by atoms with van der Waals surface area (Å²) in [5.41, 5.74) is 0. The normalized spacial score (nSPS) is 8.18. The van der Waals surface area contributed by atoms with Crippen LogP contribution in [0.3, 0.4) is 0 Å². The summed E-state index contributed by atoms with van der Waals surface area (Å²) in [5, 5.41) is 0.